The van der Waals surface area contributed by atoms with Crippen LogP contribution in [-0.4, -0.2) is 29.2 Å². The van der Waals surface area contributed by atoms with Gasteiger partial charge in [-0.05, 0) is 42.2 Å². The van der Waals surface area contributed by atoms with Gasteiger partial charge in [-0.1, -0.05) is 24.3 Å². The van der Waals surface area contributed by atoms with Gasteiger partial charge < -0.3 is 10.4 Å². The summed E-state index contributed by atoms with van der Waals surface area (Å²) in [5, 5.41) is 21.6. The van der Waals surface area contributed by atoms with Crippen molar-refractivity contribution in [3.8, 4) is 6.07 Å². The van der Waals surface area contributed by atoms with Crippen LogP contribution in [0, 0.1) is 17.1 Å². The summed E-state index contributed by atoms with van der Waals surface area (Å²) in [6.07, 6.45) is 1.46. The summed E-state index contributed by atoms with van der Waals surface area (Å²) in [6, 6.07) is 14.5. The second-order valence-corrected chi connectivity index (χ2v) is 6.44. The minimum Gasteiger partial charge on any atom is -0.393 e. The number of piperidine rings is 1. The number of aliphatic hydroxyl groups excluding tert-OH is 1. The van der Waals surface area contributed by atoms with Gasteiger partial charge in [0.1, 0.15) is 5.82 Å². The molecule has 1 aliphatic heterocycles. The summed E-state index contributed by atoms with van der Waals surface area (Å²) in [5.74, 6) is -0.415. The number of anilines is 1. The Morgan fingerprint density at radius 2 is 1.88 bits per heavy atom. The van der Waals surface area contributed by atoms with Gasteiger partial charge in [-0.15, -0.1) is 0 Å². The van der Waals surface area contributed by atoms with E-state index >= 15 is 0 Å². The molecule has 2 aromatic rings. The number of hydrogen-bond acceptors (Lipinski definition) is 4. The Kier molecular flexibility index (Phi) is 5.64. The Balaban J connectivity index is 1.66. The van der Waals surface area contributed by atoms with Crippen molar-refractivity contribution in [2.45, 2.75) is 32.0 Å². The number of likely N-dealkylation sites (tertiary alicyclic amines) is 1. The highest BCUT2D eigenvalue weighted by Crippen LogP contribution is 2.20. The fourth-order valence-electron chi connectivity index (χ4n) is 3.12. The maximum atomic E-state index is 14.0. The third kappa shape index (κ3) is 4.56. The maximum absolute atomic E-state index is 14.0. The summed E-state index contributed by atoms with van der Waals surface area (Å²) < 4.78 is 14.0. The van der Waals surface area contributed by atoms with Crippen LogP contribution in [0.1, 0.15) is 29.5 Å². The molecule has 1 saturated heterocycles. The second kappa shape index (κ2) is 8.11. The summed E-state index contributed by atoms with van der Waals surface area (Å²) in [5.41, 5.74) is 3.04. The molecule has 0 spiro atoms. The minimum atomic E-state index is -0.415. The SMILES string of the molecule is N#Cc1ccc(NCc2ccccc2CN2CCC(O)CC2)c(F)c1. The highest BCUT2D eigenvalue weighted by molar-refractivity contribution is 5.49. The van der Waals surface area contributed by atoms with Crippen molar-refractivity contribution in [3.63, 3.8) is 0 Å². The lowest BCUT2D eigenvalue weighted by Crippen LogP contribution is -2.35. The highest BCUT2D eigenvalue weighted by Gasteiger charge is 2.17. The van der Waals surface area contributed by atoms with Crippen molar-refractivity contribution in [2.24, 2.45) is 0 Å². The smallest absolute Gasteiger partial charge is 0.147 e. The van der Waals surface area contributed by atoms with Crippen molar-refractivity contribution >= 4 is 5.69 Å². The van der Waals surface area contributed by atoms with Crippen LogP contribution in [-0.2, 0) is 13.1 Å². The predicted molar refractivity (Wildman–Crippen MR) is 95.4 cm³/mol. The number of aliphatic hydroxyl groups is 1. The van der Waals surface area contributed by atoms with E-state index < -0.39 is 5.82 Å². The molecule has 0 radical (unpaired) electrons. The first kappa shape index (κ1) is 17.4. The van der Waals surface area contributed by atoms with Gasteiger partial charge in [0.2, 0.25) is 0 Å². The van der Waals surface area contributed by atoms with E-state index in [2.05, 4.69) is 16.3 Å². The molecule has 3 rings (SSSR count). The lowest BCUT2D eigenvalue weighted by atomic mass is 10.0. The van der Waals surface area contributed by atoms with Crippen LogP contribution in [0.3, 0.4) is 0 Å². The molecule has 25 heavy (non-hydrogen) atoms. The fraction of sp³-hybridized carbons (Fsp3) is 0.350. The van der Waals surface area contributed by atoms with Crippen LogP contribution in [0.4, 0.5) is 10.1 Å². The van der Waals surface area contributed by atoms with Gasteiger partial charge in [0, 0.05) is 26.2 Å². The first-order chi connectivity index (χ1) is 12.2. The van der Waals surface area contributed by atoms with Crippen LogP contribution >= 0.6 is 0 Å². The Labute approximate surface area is 147 Å². The van der Waals surface area contributed by atoms with Crippen molar-refractivity contribution < 1.29 is 9.50 Å². The zero-order valence-corrected chi connectivity index (χ0v) is 14.1. The molecular weight excluding hydrogens is 317 g/mol. The Morgan fingerprint density at radius 3 is 2.56 bits per heavy atom. The third-order valence-corrected chi connectivity index (χ3v) is 4.64. The quantitative estimate of drug-likeness (QED) is 0.878. The second-order valence-electron chi connectivity index (χ2n) is 6.44. The predicted octanol–water partition coefficient (Wildman–Crippen LogP) is 3.27. The van der Waals surface area contributed by atoms with Gasteiger partial charge in [-0.25, -0.2) is 4.39 Å². The molecule has 2 N–H and O–H groups in total. The number of nitrogens with zero attached hydrogens (tertiary/aromatic N) is 2. The van der Waals surface area contributed by atoms with Crippen molar-refractivity contribution in [3.05, 3.63) is 65.0 Å². The normalized spacial score (nSPS) is 15.7. The van der Waals surface area contributed by atoms with Gasteiger partial charge in [-0.3, -0.25) is 4.90 Å². The van der Waals surface area contributed by atoms with Gasteiger partial charge in [0.25, 0.3) is 0 Å². The van der Waals surface area contributed by atoms with E-state index in [4.69, 9.17) is 5.26 Å². The molecule has 1 heterocycles. The summed E-state index contributed by atoms with van der Waals surface area (Å²) in [6.45, 7) is 3.15. The monoisotopic (exact) mass is 339 g/mol. The maximum Gasteiger partial charge on any atom is 0.147 e. The van der Waals surface area contributed by atoms with E-state index in [-0.39, 0.29) is 6.10 Å². The number of nitrogens with one attached hydrogen (secondary N) is 1. The summed E-state index contributed by atoms with van der Waals surface area (Å²) in [4.78, 5) is 2.34. The summed E-state index contributed by atoms with van der Waals surface area (Å²) >= 11 is 0. The van der Waals surface area contributed by atoms with Crippen molar-refractivity contribution in [2.75, 3.05) is 18.4 Å². The van der Waals surface area contributed by atoms with Crippen LogP contribution in [0.2, 0.25) is 0 Å². The lowest BCUT2D eigenvalue weighted by Gasteiger charge is -2.30. The molecule has 130 valence electrons. The molecule has 1 fully saturated rings. The average Bonchev–Trinajstić information content (AvgIpc) is 2.63. The first-order valence-electron chi connectivity index (χ1n) is 8.56. The largest absolute Gasteiger partial charge is 0.393 e. The highest BCUT2D eigenvalue weighted by atomic mass is 19.1. The first-order valence-corrected chi connectivity index (χ1v) is 8.56. The molecular formula is C20H22FN3O. The van der Waals surface area contributed by atoms with Gasteiger partial charge in [0.05, 0.1) is 23.4 Å². The zero-order chi connectivity index (χ0) is 17.6. The van der Waals surface area contributed by atoms with Gasteiger partial charge in [-0.2, -0.15) is 5.26 Å². The standard InChI is InChI=1S/C20H22FN3O/c21-19-11-15(12-22)5-6-20(19)23-13-16-3-1-2-4-17(16)14-24-9-7-18(25)8-10-24/h1-6,11,18,23,25H,7-10,13-14H2. The Bertz CT molecular complexity index is 764. The van der Waals surface area contributed by atoms with E-state index in [9.17, 15) is 9.50 Å². The molecule has 4 nitrogen and oxygen atoms in total. The summed E-state index contributed by atoms with van der Waals surface area (Å²) in [7, 11) is 0. The molecule has 0 aliphatic carbocycles. The molecule has 0 atom stereocenters. The Hall–Kier alpha value is -2.42. The van der Waals surface area contributed by atoms with Gasteiger partial charge in [0.15, 0.2) is 0 Å². The van der Waals surface area contributed by atoms with Crippen molar-refractivity contribution in [1.82, 2.24) is 4.90 Å². The van der Waals surface area contributed by atoms with E-state index in [0.29, 0.717) is 17.8 Å². The Morgan fingerprint density at radius 1 is 1.16 bits per heavy atom. The number of halogens is 1. The van der Waals surface area contributed by atoms with Crippen molar-refractivity contribution in [1.29, 1.82) is 5.26 Å². The van der Waals surface area contributed by atoms with E-state index in [1.54, 1.807) is 12.1 Å². The fourth-order valence-corrected chi connectivity index (χ4v) is 3.12. The number of benzene rings is 2. The van der Waals surface area contributed by atoms with E-state index in [1.165, 1.54) is 11.6 Å². The molecule has 1 aliphatic rings. The van der Waals surface area contributed by atoms with Gasteiger partial charge >= 0.3 is 0 Å². The van der Waals surface area contributed by atoms with E-state index in [0.717, 1.165) is 38.0 Å². The number of rotatable bonds is 5. The molecule has 0 bridgehead atoms. The molecule has 0 aromatic heterocycles. The molecule has 5 heteroatoms. The molecule has 0 saturated carbocycles. The number of nitriles is 1. The molecule has 2 aromatic carbocycles. The minimum absolute atomic E-state index is 0.174. The molecule has 0 amide bonds. The molecule has 0 unspecified atom stereocenters. The number of hydrogen-bond donors (Lipinski definition) is 2. The lowest BCUT2D eigenvalue weighted by molar-refractivity contribution is 0.0791. The van der Waals surface area contributed by atoms with Crippen LogP contribution in [0.5, 0.6) is 0 Å². The van der Waals surface area contributed by atoms with Crippen LogP contribution in [0.15, 0.2) is 42.5 Å². The van der Waals surface area contributed by atoms with E-state index in [1.807, 2.05) is 24.3 Å². The van der Waals surface area contributed by atoms with Crippen LogP contribution in [0.25, 0.3) is 0 Å². The zero-order valence-electron chi connectivity index (χ0n) is 14.1. The topological polar surface area (TPSA) is 59.3 Å². The van der Waals surface area contributed by atoms with Crippen LogP contribution < -0.4 is 5.32 Å². The third-order valence-electron chi connectivity index (χ3n) is 4.64. The average molecular weight is 339 g/mol.